The summed E-state index contributed by atoms with van der Waals surface area (Å²) >= 11 is 0. The highest BCUT2D eigenvalue weighted by molar-refractivity contribution is 6.06. The van der Waals surface area contributed by atoms with E-state index in [2.05, 4.69) is 5.32 Å². The first-order valence-electron chi connectivity index (χ1n) is 6.86. The minimum absolute atomic E-state index is 0.0532. The maximum absolute atomic E-state index is 12.5. The Morgan fingerprint density at radius 3 is 2.80 bits per heavy atom. The average molecular weight is 276 g/mol. The normalized spacial score (nSPS) is 19.2. The monoisotopic (exact) mass is 276 g/mol. The van der Waals surface area contributed by atoms with Crippen molar-refractivity contribution in [2.45, 2.75) is 26.8 Å². The molecule has 108 valence electrons. The van der Waals surface area contributed by atoms with Crippen LogP contribution in [0.1, 0.15) is 20.8 Å². The molecule has 1 aromatic rings. The van der Waals surface area contributed by atoms with Crippen molar-refractivity contribution >= 4 is 17.5 Å². The summed E-state index contributed by atoms with van der Waals surface area (Å²) in [6, 6.07) is 6.80. The van der Waals surface area contributed by atoms with Crippen molar-refractivity contribution in [2.75, 3.05) is 18.1 Å². The lowest BCUT2D eigenvalue weighted by Crippen LogP contribution is -2.60. The summed E-state index contributed by atoms with van der Waals surface area (Å²) in [6.45, 7) is 6.36. The van der Waals surface area contributed by atoms with E-state index in [1.165, 1.54) is 4.90 Å². The summed E-state index contributed by atoms with van der Waals surface area (Å²) in [6.07, 6.45) is 0. The maximum Gasteiger partial charge on any atom is 0.250 e. The second-order valence-electron chi connectivity index (χ2n) is 5.14. The van der Waals surface area contributed by atoms with Gasteiger partial charge in [-0.15, -0.1) is 0 Å². The van der Waals surface area contributed by atoms with E-state index in [1.807, 2.05) is 39.0 Å². The molecule has 2 amide bonds. The molecular formula is C15H20N2O3. The van der Waals surface area contributed by atoms with Crippen LogP contribution in [0.15, 0.2) is 24.3 Å². The molecule has 1 atom stereocenters. The first kappa shape index (κ1) is 14.4. The molecule has 1 unspecified atom stereocenters. The van der Waals surface area contributed by atoms with Crippen molar-refractivity contribution in [1.82, 2.24) is 5.32 Å². The van der Waals surface area contributed by atoms with E-state index in [9.17, 15) is 9.59 Å². The number of anilines is 1. The fourth-order valence-corrected chi connectivity index (χ4v) is 2.25. The number of nitrogens with one attached hydrogen (secondary N) is 1. The number of nitrogens with zero attached hydrogens (tertiary/aromatic N) is 1. The zero-order valence-electron chi connectivity index (χ0n) is 12.1. The average Bonchev–Trinajstić information content (AvgIpc) is 2.41. The summed E-state index contributed by atoms with van der Waals surface area (Å²) in [5, 5.41) is 2.74. The van der Waals surface area contributed by atoms with Gasteiger partial charge in [-0.2, -0.15) is 0 Å². The number of piperazine rings is 1. The van der Waals surface area contributed by atoms with E-state index in [-0.39, 0.29) is 24.3 Å². The SMILES string of the molecule is CCOc1cccc(N2CC(=O)NC(C(C)C)C2=O)c1. The summed E-state index contributed by atoms with van der Waals surface area (Å²) in [7, 11) is 0. The third-order valence-electron chi connectivity index (χ3n) is 3.26. The van der Waals surface area contributed by atoms with Gasteiger partial charge in [0, 0.05) is 11.8 Å². The summed E-state index contributed by atoms with van der Waals surface area (Å²) in [5.41, 5.74) is 0.696. The topological polar surface area (TPSA) is 58.6 Å². The van der Waals surface area contributed by atoms with E-state index in [4.69, 9.17) is 4.74 Å². The predicted molar refractivity (Wildman–Crippen MR) is 76.7 cm³/mol. The van der Waals surface area contributed by atoms with Gasteiger partial charge in [0.05, 0.1) is 6.61 Å². The first-order chi connectivity index (χ1) is 9.52. The molecule has 0 aromatic heterocycles. The molecular weight excluding hydrogens is 256 g/mol. The number of hydrogen-bond donors (Lipinski definition) is 1. The van der Waals surface area contributed by atoms with E-state index in [0.717, 1.165) is 0 Å². The Hall–Kier alpha value is -2.04. The van der Waals surface area contributed by atoms with Crippen LogP contribution in [-0.2, 0) is 9.59 Å². The van der Waals surface area contributed by atoms with E-state index < -0.39 is 6.04 Å². The van der Waals surface area contributed by atoms with Crippen LogP contribution in [0.25, 0.3) is 0 Å². The molecule has 5 nitrogen and oxygen atoms in total. The van der Waals surface area contributed by atoms with Crippen molar-refractivity contribution in [3.8, 4) is 5.75 Å². The van der Waals surface area contributed by atoms with Crippen LogP contribution < -0.4 is 15.0 Å². The Bertz CT molecular complexity index is 514. The van der Waals surface area contributed by atoms with Crippen molar-refractivity contribution in [2.24, 2.45) is 5.92 Å². The molecule has 1 heterocycles. The maximum atomic E-state index is 12.5. The van der Waals surface area contributed by atoms with Crippen LogP contribution in [0, 0.1) is 5.92 Å². The molecule has 0 spiro atoms. The Balaban J connectivity index is 2.28. The largest absolute Gasteiger partial charge is 0.494 e. The minimum atomic E-state index is -0.466. The Labute approximate surface area is 118 Å². The number of benzene rings is 1. The zero-order valence-corrected chi connectivity index (χ0v) is 12.1. The van der Waals surface area contributed by atoms with Gasteiger partial charge in [0.15, 0.2) is 0 Å². The fraction of sp³-hybridized carbons (Fsp3) is 0.467. The van der Waals surface area contributed by atoms with Crippen LogP contribution in [0.3, 0.4) is 0 Å². The van der Waals surface area contributed by atoms with Crippen molar-refractivity contribution in [1.29, 1.82) is 0 Å². The van der Waals surface area contributed by atoms with E-state index in [1.54, 1.807) is 6.07 Å². The quantitative estimate of drug-likeness (QED) is 0.908. The van der Waals surface area contributed by atoms with Gasteiger partial charge in [-0.3, -0.25) is 9.59 Å². The summed E-state index contributed by atoms with van der Waals surface area (Å²) in [5.74, 6) is 0.549. The van der Waals surface area contributed by atoms with Gasteiger partial charge in [-0.05, 0) is 25.0 Å². The van der Waals surface area contributed by atoms with Gasteiger partial charge in [-0.1, -0.05) is 19.9 Å². The smallest absolute Gasteiger partial charge is 0.250 e. The first-order valence-corrected chi connectivity index (χ1v) is 6.86. The molecule has 1 saturated heterocycles. The lowest BCUT2D eigenvalue weighted by Gasteiger charge is -2.34. The van der Waals surface area contributed by atoms with Gasteiger partial charge in [0.25, 0.3) is 0 Å². The van der Waals surface area contributed by atoms with Gasteiger partial charge in [0.2, 0.25) is 11.8 Å². The highest BCUT2D eigenvalue weighted by Crippen LogP contribution is 2.24. The molecule has 1 aliphatic rings. The molecule has 1 N–H and O–H groups in total. The van der Waals surface area contributed by atoms with Crippen LogP contribution in [0.5, 0.6) is 5.75 Å². The number of ether oxygens (including phenoxy) is 1. The number of carbonyl (C=O) groups is 2. The molecule has 0 aliphatic carbocycles. The fourth-order valence-electron chi connectivity index (χ4n) is 2.25. The van der Waals surface area contributed by atoms with Gasteiger partial charge >= 0.3 is 0 Å². The van der Waals surface area contributed by atoms with Gasteiger partial charge in [0.1, 0.15) is 18.3 Å². The number of carbonyl (C=O) groups excluding carboxylic acids is 2. The molecule has 0 saturated carbocycles. The minimum Gasteiger partial charge on any atom is -0.494 e. The molecule has 2 rings (SSSR count). The number of rotatable bonds is 4. The third-order valence-corrected chi connectivity index (χ3v) is 3.26. The Morgan fingerprint density at radius 1 is 1.40 bits per heavy atom. The van der Waals surface area contributed by atoms with Crippen molar-refractivity contribution in [3.05, 3.63) is 24.3 Å². The lowest BCUT2D eigenvalue weighted by atomic mass is 10.0. The number of hydrogen-bond acceptors (Lipinski definition) is 3. The molecule has 0 radical (unpaired) electrons. The van der Waals surface area contributed by atoms with Gasteiger partial charge in [-0.25, -0.2) is 0 Å². The zero-order chi connectivity index (χ0) is 14.7. The second kappa shape index (κ2) is 5.94. The van der Waals surface area contributed by atoms with Crippen molar-refractivity contribution in [3.63, 3.8) is 0 Å². The molecule has 20 heavy (non-hydrogen) atoms. The molecule has 5 heteroatoms. The van der Waals surface area contributed by atoms with Crippen LogP contribution >= 0.6 is 0 Å². The predicted octanol–water partition coefficient (Wildman–Crippen LogP) is 1.57. The second-order valence-corrected chi connectivity index (χ2v) is 5.14. The van der Waals surface area contributed by atoms with E-state index in [0.29, 0.717) is 18.0 Å². The lowest BCUT2D eigenvalue weighted by molar-refractivity contribution is -0.132. The third kappa shape index (κ3) is 2.92. The van der Waals surface area contributed by atoms with E-state index >= 15 is 0 Å². The van der Waals surface area contributed by atoms with Crippen LogP contribution in [-0.4, -0.2) is 31.0 Å². The number of amides is 2. The standard InChI is InChI=1S/C15H20N2O3/c1-4-20-12-7-5-6-11(8-12)17-9-13(18)16-14(10(2)3)15(17)19/h5-8,10,14H,4,9H2,1-3H3,(H,16,18). The molecule has 0 bridgehead atoms. The summed E-state index contributed by atoms with van der Waals surface area (Å²) < 4.78 is 5.44. The Morgan fingerprint density at radius 2 is 2.15 bits per heavy atom. The van der Waals surface area contributed by atoms with Crippen LogP contribution in [0.4, 0.5) is 5.69 Å². The highest BCUT2D eigenvalue weighted by atomic mass is 16.5. The van der Waals surface area contributed by atoms with Crippen LogP contribution in [0.2, 0.25) is 0 Å². The summed E-state index contributed by atoms with van der Waals surface area (Å²) in [4.78, 5) is 25.8. The molecule has 1 aliphatic heterocycles. The molecule has 1 aromatic carbocycles. The highest BCUT2D eigenvalue weighted by Gasteiger charge is 2.35. The molecule has 1 fully saturated rings. The Kier molecular flexibility index (Phi) is 4.27. The van der Waals surface area contributed by atoms with Crippen molar-refractivity contribution < 1.29 is 14.3 Å². The van der Waals surface area contributed by atoms with Gasteiger partial charge < -0.3 is 15.0 Å².